The van der Waals surface area contributed by atoms with Gasteiger partial charge in [-0.3, -0.25) is 9.59 Å². The molecular formula is C15H30O5Si. The highest BCUT2D eigenvalue weighted by Crippen LogP contribution is 2.28. The first-order chi connectivity index (χ1) is 9.62. The SMILES string of the molecule is CCOC(=O)C(C(=O)OCC)C(CC(C)(C)C)O[SiH](C)C. The van der Waals surface area contributed by atoms with Gasteiger partial charge in [0.1, 0.15) is 0 Å². The van der Waals surface area contributed by atoms with Crippen molar-refractivity contribution >= 4 is 21.0 Å². The maximum atomic E-state index is 12.2. The Labute approximate surface area is 130 Å². The van der Waals surface area contributed by atoms with Gasteiger partial charge in [0.15, 0.2) is 15.0 Å². The predicted octanol–water partition coefficient (Wildman–Crippen LogP) is 2.53. The fourth-order valence-electron chi connectivity index (χ4n) is 2.06. The lowest BCUT2D eigenvalue weighted by atomic mass is 9.84. The van der Waals surface area contributed by atoms with Crippen LogP contribution < -0.4 is 0 Å². The van der Waals surface area contributed by atoms with E-state index in [1.807, 2.05) is 13.1 Å². The fraction of sp³-hybridized carbons (Fsp3) is 0.867. The number of hydrogen-bond acceptors (Lipinski definition) is 5. The summed E-state index contributed by atoms with van der Waals surface area (Å²) in [5.74, 6) is -2.11. The second kappa shape index (κ2) is 9.20. The Kier molecular flexibility index (Phi) is 8.81. The number of carbonyl (C=O) groups is 2. The average molecular weight is 318 g/mol. The molecule has 21 heavy (non-hydrogen) atoms. The maximum absolute atomic E-state index is 12.2. The van der Waals surface area contributed by atoms with Gasteiger partial charge in [0.2, 0.25) is 0 Å². The first kappa shape index (κ1) is 20.1. The van der Waals surface area contributed by atoms with Crippen LogP contribution in [0.15, 0.2) is 0 Å². The minimum atomic E-state index is -1.41. The summed E-state index contributed by atoms with van der Waals surface area (Å²) in [5, 5.41) is 0. The fourth-order valence-corrected chi connectivity index (χ4v) is 3.01. The summed E-state index contributed by atoms with van der Waals surface area (Å²) in [6.45, 7) is 14.1. The molecule has 0 saturated heterocycles. The van der Waals surface area contributed by atoms with E-state index in [-0.39, 0.29) is 18.6 Å². The topological polar surface area (TPSA) is 61.8 Å². The summed E-state index contributed by atoms with van der Waals surface area (Å²) in [6.07, 6.45) is 0.107. The zero-order valence-electron chi connectivity index (χ0n) is 14.4. The van der Waals surface area contributed by atoms with Crippen LogP contribution in [0.2, 0.25) is 13.1 Å². The summed E-state index contributed by atoms with van der Waals surface area (Å²) in [6, 6.07) is 0. The van der Waals surface area contributed by atoms with E-state index in [2.05, 4.69) is 20.8 Å². The molecule has 0 aromatic carbocycles. The highest BCUT2D eigenvalue weighted by molar-refractivity contribution is 6.48. The third kappa shape index (κ3) is 8.21. The Morgan fingerprint density at radius 2 is 1.43 bits per heavy atom. The normalized spacial score (nSPS) is 13.4. The minimum absolute atomic E-state index is 0.0643. The van der Waals surface area contributed by atoms with Gasteiger partial charge in [-0.05, 0) is 38.8 Å². The molecule has 0 aliphatic carbocycles. The van der Waals surface area contributed by atoms with E-state index < -0.39 is 33.0 Å². The maximum Gasteiger partial charge on any atom is 0.322 e. The first-order valence-electron chi connectivity index (χ1n) is 7.61. The van der Waals surface area contributed by atoms with E-state index in [4.69, 9.17) is 13.9 Å². The van der Waals surface area contributed by atoms with Gasteiger partial charge in [-0.25, -0.2) is 0 Å². The molecule has 0 amide bonds. The molecule has 6 heteroatoms. The molecule has 0 aromatic rings. The van der Waals surface area contributed by atoms with Gasteiger partial charge in [-0.2, -0.15) is 0 Å². The summed E-state index contributed by atoms with van der Waals surface area (Å²) in [5.41, 5.74) is -0.0643. The molecule has 0 N–H and O–H groups in total. The molecule has 5 nitrogen and oxygen atoms in total. The van der Waals surface area contributed by atoms with Crippen LogP contribution in [0.1, 0.15) is 41.0 Å². The number of carbonyl (C=O) groups excluding carboxylic acids is 2. The van der Waals surface area contributed by atoms with Crippen LogP contribution in [0.5, 0.6) is 0 Å². The zero-order valence-corrected chi connectivity index (χ0v) is 15.5. The molecule has 0 bridgehead atoms. The molecule has 0 aromatic heterocycles. The summed E-state index contributed by atoms with van der Waals surface area (Å²) < 4.78 is 16.0. The summed E-state index contributed by atoms with van der Waals surface area (Å²) in [4.78, 5) is 24.4. The van der Waals surface area contributed by atoms with Crippen LogP contribution in [-0.2, 0) is 23.5 Å². The van der Waals surface area contributed by atoms with Crippen LogP contribution in [0.25, 0.3) is 0 Å². The lowest BCUT2D eigenvalue weighted by molar-refractivity contribution is -0.167. The van der Waals surface area contributed by atoms with Gasteiger partial charge >= 0.3 is 11.9 Å². The first-order valence-corrected chi connectivity index (χ1v) is 10.4. The largest absolute Gasteiger partial charge is 0.465 e. The molecule has 0 fully saturated rings. The third-order valence-electron chi connectivity index (χ3n) is 2.71. The Morgan fingerprint density at radius 1 is 1.00 bits per heavy atom. The van der Waals surface area contributed by atoms with E-state index in [0.29, 0.717) is 6.42 Å². The number of ether oxygens (including phenoxy) is 2. The molecule has 0 saturated carbocycles. The third-order valence-corrected chi connectivity index (χ3v) is 3.61. The molecule has 0 aliphatic heterocycles. The van der Waals surface area contributed by atoms with Crippen molar-refractivity contribution in [2.45, 2.75) is 60.2 Å². The van der Waals surface area contributed by atoms with Crippen molar-refractivity contribution in [3.8, 4) is 0 Å². The smallest absolute Gasteiger partial charge is 0.322 e. The Bertz CT molecular complexity index is 317. The van der Waals surface area contributed by atoms with Gasteiger partial charge < -0.3 is 13.9 Å². The lowest BCUT2D eigenvalue weighted by Gasteiger charge is -2.31. The Balaban J connectivity index is 5.32. The van der Waals surface area contributed by atoms with Crippen molar-refractivity contribution in [1.29, 1.82) is 0 Å². The molecule has 0 heterocycles. The van der Waals surface area contributed by atoms with Crippen molar-refractivity contribution in [3.05, 3.63) is 0 Å². The van der Waals surface area contributed by atoms with Crippen LogP contribution in [-0.4, -0.2) is 40.3 Å². The molecule has 124 valence electrons. The van der Waals surface area contributed by atoms with E-state index in [0.717, 1.165) is 0 Å². The monoisotopic (exact) mass is 318 g/mol. The van der Waals surface area contributed by atoms with E-state index in [9.17, 15) is 9.59 Å². The second-order valence-electron chi connectivity index (χ2n) is 6.47. The molecule has 1 atom stereocenters. The van der Waals surface area contributed by atoms with Gasteiger partial charge in [-0.1, -0.05) is 20.8 Å². The van der Waals surface area contributed by atoms with Crippen molar-refractivity contribution in [2.75, 3.05) is 13.2 Å². The summed E-state index contributed by atoms with van der Waals surface area (Å²) >= 11 is 0. The van der Waals surface area contributed by atoms with Crippen molar-refractivity contribution in [3.63, 3.8) is 0 Å². The molecule has 0 radical (unpaired) electrons. The van der Waals surface area contributed by atoms with Crippen LogP contribution in [0, 0.1) is 11.3 Å². The second-order valence-corrected chi connectivity index (χ2v) is 8.84. The lowest BCUT2D eigenvalue weighted by Crippen LogP contribution is -2.43. The van der Waals surface area contributed by atoms with Gasteiger partial charge in [0, 0.05) is 0 Å². The molecule has 0 spiro atoms. The Hall–Kier alpha value is -0.883. The Morgan fingerprint density at radius 3 is 1.71 bits per heavy atom. The quantitative estimate of drug-likeness (QED) is 0.391. The van der Waals surface area contributed by atoms with Crippen molar-refractivity contribution < 1.29 is 23.5 Å². The number of rotatable bonds is 8. The van der Waals surface area contributed by atoms with Crippen LogP contribution >= 0.6 is 0 Å². The summed E-state index contributed by atoms with van der Waals surface area (Å²) in [7, 11) is -1.41. The molecular weight excluding hydrogens is 288 g/mol. The van der Waals surface area contributed by atoms with Gasteiger partial charge in [0.05, 0.1) is 19.3 Å². The zero-order chi connectivity index (χ0) is 16.6. The number of hydrogen-bond donors (Lipinski definition) is 0. The number of esters is 2. The molecule has 0 rings (SSSR count). The van der Waals surface area contributed by atoms with E-state index in [1.54, 1.807) is 13.8 Å². The highest BCUT2D eigenvalue weighted by atomic mass is 28.3. The van der Waals surface area contributed by atoms with Crippen molar-refractivity contribution in [1.82, 2.24) is 0 Å². The van der Waals surface area contributed by atoms with Gasteiger partial charge in [-0.15, -0.1) is 0 Å². The minimum Gasteiger partial charge on any atom is -0.465 e. The molecule has 1 unspecified atom stereocenters. The predicted molar refractivity (Wildman–Crippen MR) is 84.6 cm³/mol. The van der Waals surface area contributed by atoms with E-state index in [1.165, 1.54) is 0 Å². The van der Waals surface area contributed by atoms with Crippen LogP contribution in [0.4, 0.5) is 0 Å². The highest BCUT2D eigenvalue weighted by Gasteiger charge is 2.40. The van der Waals surface area contributed by atoms with Crippen LogP contribution in [0.3, 0.4) is 0 Å². The standard InChI is InChI=1S/C15H30O5Si/c1-8-18-13(16)12(14(17)19-9-2)11(20-21(6)7)10-15(3,4)5/h11-12,21H,8-10H2,1-7H3. The molecule has 0 aliphatic rings. The van der Waals surface area contributed by atoms with E-state index >= 15 is 0 Å². The van der Waals surface area contributed by atoms with Crippen molar-refractivity contribution in [2.24, 2.45) is 11.3 Å². The average Bonchev–Trinajstić information content (AvgIpc) is 2.26. The van der Waals surface area contributed by atoms with Gasteiger partial charge in [0.25, 0.3) is 0 Å².